The molecule has 1 aliphatic carbocycles. The second kappa shape index (κ2) is 5.34. The fraction of sp³-hybridized carbons (Fsp3) is 0.385. The number of hydrogen-bond donors (Lipinski definition) is 1. The van der Waals surface area contributed by atoms with Crippen LogP contribution in [0.1, 0.15) is 24.3 Å². The lowest BCUT2D eigenvalue weighted by Gasteiger charge is -2.14. The van der Waals surface area contributed by atoms with Gasteiger partial charge in [-0.05, 0) is 12.5 Å². The first kappa shape index (κ1) is 13.5. The highest BCUT2D eigenvalue weighted by Gasteiger charge is 2.38. The Morgan fingerprint density at radius 2 is 2.05 bits per heavy atom. The third-order valence-corrected chi connectivity index (χ3v) is 3.22. The standard InChI is InChI=1S/C13H12F2O4/c14-13(15)19-11-4-2-1-3-8(11)9-5-7(12(17)18)6-10(9)16/h1-4,7,9,13H,5-6H2,(H,17,18). The van der Waals surface area contributed by atoms with Crippen LogP contribution in [0, 0.1) is 5.92 Å². The number of ketones is 1. The van der Waals surface area contributed by atoms with E-state index in [-0.39, 0.29) is 24.4 Å². The average Bonchev–Trinajstić information content (AvgIpc) is 2.71. The van der Waals surface area contributed by atoms with Crippen molar-refractivity contribution in [2.75, 3.05) is 0 Å². The Labute approximate surface area is 108 Å². The number of Topliss-reactive ketones (excluding diaryl/α,β-unsaturated/α-hetero) is 1. The number of aliphatic carboxylic acids is 1. The molecule has 0 bridgehead atoms. The summed E-state index contributed by atoms with van der Waals surface area (Å²) in [6.07, 6.45) is 0.0563. The van der Waals surface area contributed by atoms with Crippen LogP contribution in [0.25, 0.3) is 0 Å². The molecule has 0 spiro atoms. The number of alkyl halides is 2. The number of halogens is 2. The highest BCUT2D eigenvalue weighted by atomic mass is 19.3. The lowest BCUT2D eigenvalue weighted by Crippen LogP contribution is -2.10. The minimum absolute atomic E-state index is 0.0665. The van der Waals surface area contributed by atoms with Crippen LogP contribution in [0.3, 0.4) is 0 Å². The monoisotopic (exact) mass is 270 g/mol. The van der Waals surface area contributed by atoms with Crippen molar-refractivity contribution in [1.82, 2.24) is 0 Å². The van der Waals surface area contributed by atoms with Crippen molar-refractivity contribution < 1.29 is 28.2 Å². The zero-order chi connectivity index (χ0) is 14.0. The first-order chi connectivity index (χ1) is 8.99. The predicted octanol–water partition coefficient (Wildman–Crippen LogP) is 2.44. The highest BCUT2D eigenvalue weighted by molar-refractivity contribution is 5.93. The van der Waals surface area contributed by atoms with E-state index >= 15 is 0 Å². The Balaban J connectivity index is 2.27. The topological polar surface area (TPSA) is 63.6 Å². The number of carboxylic acids is 1. The molecule has 0 amide bonds. The van der Waals surface area contributed by atoms with Crippen molar-refractivity contribution in [1.29, 1.82) is 0 Å². The molecule has 2 atom stereocenters. The third kappa shape index (κ3) is 2.89. The van der Waals surface area contributed by atoms with Crippen LogP contribution in [0.15, 0.2) is 24.3 Å². The number of carbonyl (C=O) groups is 2. The van der Waals surface area contributed by atoms with E-state index in [9.17, 15) is 18.4 Å². The van der Waals surface area contributed by atoms with E-state index in [2.05, 4.69) is 4.74 Å². The number of ether oxygens (including phenoxy) is 1. The van der Waals surface area contributed by atoms with Crippen molar-refractivity contribution >= 4 is 11.8 Å². The molecule has 1 saturated carbocycles. The Bertz CT molecular complexity index is 501. The predicted molar refractivity (Wildman–Crippen MR) is 61.2 cm³/mol. The van der Waals surface area contributed by atoms with E-state index < -0.39 is 24.4 Å². The summed E-state index contributed by atoms with van der Waals surface area (Å²) in [5.74, 6) is -2.80. The van der Waals surface area contributed by atoms with Crippen molar-refractivity contribution in [3.05, 3.63) is 29.8 Å². The second-order valence-electron chi connectivity index (χ2n) is 4.41. The molecule has 1 aliphatic rings. The lowest BCUT2D eigenvalue weighted by atomic mass is 9.95. The van der Waals surface area contributed by atoms with Gasteiger partial charge in [-0.15, -0.1) is 0 Å². The van der Waals surface area contributed by atoms with Crippen LogP contribution in [-0.2, 0) is 9.59 Å². The summed E-state index contributed by atoms with van der Waals surface area (Å²) in [5.41, 5.74) is 0.330. The largest absolute Gasteiger partial charge is 0.481 e. The smallest absolute Gasteiger partial charge is 0.387 e. The van der Waals surface area contributed by atoms with E-state index in [0.717, 1.165) is 0 Å². The number of hydrogen-bond acceptors (Lipinski definition) is 3. The van der Waals surface area contributed by atoms with Gasteiger partial charge < -0.3 is 9.84 Å². The van der Waals surface area contributed by atoms with Gasteiger partial charge >= 0.3 is 12.6 Å². The summed E-state index contributed by atoms with van der Waals surface area (Å²) in [6.45, 7) is -2.98. The van der Waals surface area contributed by atoms with Crippen LogP contribution >= 0.6 is 0 Å². The van der Waals surface area contributed by atoms with Crippen molar-refractivity contribution in [3.8, 4) is 5.75 Å². The molecule has 19 heavy (non-hydrogen) atoms. The molecular weight excluding hydrogens is 258 g/mol. The van der Waals surface area contributed by atoms with Crippen LogP contribution in [0.5, 0.6) is 5.75 Å². The van der Waals surface area contributed by atoms with Gasteiger partial charge in [-0.25, -0.2) is 0 Å². The number of carbonyl (C=O) groups excluding carboxylic acids is 1. The molecule has 0 heterocycles. The van der Waals surface area contributed by atoms with Gasteiger partial charge in [0.25, 0.3) is 0 Å². The molecule has 0 radical (unpaired) electrons. The lowest BCUT2D eigenvalue weighted by molar-refractivity contribution is -0.142. The summed E-state index contributed by atoms with van der Waals surface area (Å²) in [6, 6.07) is 6.00. The summed E-state index contributed by atoms with van der Waals surface area (Å²) in [7, 11) is 0. The number of carboxylic acid groups (broad SMARTS) is 1. The SMILES string of the molecule is O=C(O)C1CC(=O)C(c2ccccc2OC(F)F)C1. The maximum atomic E-state index is 12.3. The number of benzene rings is 1. The zero-order valence-corrected chi connectivity index (χ0v) is 9.88. The Hall–Kier alpha value is -1.98. The molecule has 1 N–H and O–H groups in total. The van der Waals surface area contributed by atoms with Crippen molar-refractivity contribution in [2.24, 2.45) is 5.92 Å². The third-order valence-electron chi connectivity index (χ3n) is 3.22. The minimum Gasteiger partial charge on any atom is -0.481 e. The first-order valence-corrected chi connectivity index (χ1v) is 5.78. The van der Waals surface area contributed by atoms with Gasteiger partial charge in [0, 0.05) is 17.9 Å². The summed E-state index contributed by atoms with van der Waals surface area (Å²) >= 11 is 0. The van der Waals surface area contributed by atoms with Gasteiger partial charge in [0.05, 0.1) is 5.92 Å². The van der Waals surface area contributed by atoms with E-state index in [1.54, 1.807) is 6.07 Å². The fourth-order valence-corrected chi connectivity index (χ4v) is 2.34. The van der Waals surface area contributed by atoms with E-state index in [1.165, 1.54) is 18.2 Å². The molecule has 0 aromatic heterocycles. The normalized spacial score (nSPS) is 22.8. The molecule has 6 heteroatoms. The molecule has 0 saturated heterocycles. The van der Waals surface area contributed by atoms with E-state index in [0.29, 0.717) is 5.56 Å². The van der Waals surface area contributed by atoms with Gasteiger partial charge in [-0.3, -0.25) is 9.59 Å². The first-order valence-electron chi connectivity index (χ1n) is 5.78. The summed E-state index contributed by atoms with van der Waals surface area (Å²) in [5, 5.41) is 8.91. The number of para-hydroxylation sites is 1. The zero-order valence-electron chi connectivity index (χ0n) is 9.88. The maximum Gasteiger partial charge on any atom is 0.387 e. The van der Waals surface area contributed by atoms with Gasteiger partial charge in [-0.1, -0.05) is 18.2 Å². The number of rotatable bonds is 4. The summed E-state index contributed by atoms with van der Waals surface area (Å²) < 4.78 is 28.9. The molecule has 2 rings (SSSR count). The molecule has 102 valence electrons. The summed E-state index contributed by atoms with van der Waals surface area (Å²) in [4.78, 5) is 22.7. The van der Waals surface area contributed by atoms with Crippen LogP contribution in [0.2, 0.25) is 0 Å². The molecular formula is C13H12F2O4. The molecule has 1 fully saturated rings. The minimum atomic E-state index is -2.98. The molecule has 1 aromatic rings. The van der Waals surface area contributed by atoms with Crippen LogP contribution in [-0.4, -0.2) is 23.5 Å². The Morgan fingerprint density at radius 1 is 1.37 bits per heavy atom. The Morgan fingerprint density at radius 3 is 2.63 bits per heavy atom. The van der Waals surface area contributed by atoms with Gasteiger partial charge in [0.1, 0.15) is 11.5 Å². The second-order valence-corrected chi connectivity index (χ2v) is 4.41. The van der Waals surface area contributed by atoms with Gasteiger partial charge in [0.15, 0.2) is 0 Å². The highest BCUT2D eigenvalue weighted by Crippen LogP contribution is 2.39. The molecule has 2 unspecified atom stereocenters. The molecule has 1 aromatic carbocycles. The maximum absolute atomic E-state index is 12.3. The molecule has 0 aliphatic heterocycles. The van der Waals surface area contributed by atoms with Crippen molar-refractivity contribution in [3.63, 3.8) is 0 Å². The van der Waals surface area contributed by atoms with Crippen LogP contribution < -0.4 is 4.74 Å². The van der Waals surface area contributed by atoms with Gasteiger partial charge in [0.2, 0.25) is 0 Å². The Kier molecular flexibility index (Phi) is 3.78. The quantitative estimate of drug-likeness (QED) is 0.912. The fourth-order valence-electron chi connectivity index (χ4n) is 2.34. The van der Waals surface area contributed by atoms with E-state index in [4.69, 9.17) is 5.11 Å². The average molecular weight is 270 g/mol. The molecule has 4 nitrogen and oxygen atoms in total. The van der Waals surface area contributed by atoms with Crippen molar-refractivity contribution in [2.45, 2.75) is 25.4 Å². The van der Waals surface area contributed by atoms with E-state index in [1.807, 2.05) is 0 Å². The van der Waals surface area contributed by atoms with Crippen LogP contribution in [0.4, 0.5) is 8.78 Å². The van der Waals surface area contributed by atoms with Gasteiger partial charge in [-0.2, -0.15) is 8.78 Å².